The summed E-state index contributed by atoms with van der Waals surface area (Å²) in [5, 5.41) is 0. The Kier molecular flexibility index (Phi) is 12.3. The van der Waals surface area contributed by atoms with Crippen LogP contribution in [0.5, 0.6) is 0 Å². The number of anilines is 1. The summed E-state index contributed by atoms with van der Waals surface area (Å²) in [5.74, 6) is -0.451. The molecule has 0 saturated carbocycles. The number of ether oxygens (including phenoxy) is 4. The average molecular weight is 788 g/mol. The van der Waals surface area contributed by atoms with Crippen LogP contribution in [0.1, 0.15) is 32.7 Å². The summed E-state index contributed by atoms with van der Waals surface area (Å²) in [4.78, 5) is 60.4. The van der Waals surface area contributed by atoms with Crippen LogP contribution in [0.3, 0.4) is 0 Å². The number of aromatic nitrogens is 6. The number of nitrogen functional groups attached to an aromatic ring is 1. The second kappa shape index (κ2) is 16.1. The number of phosphoric acid groups is 1. The van der Waals surface area contributed by atoms with Gasteiger partial charge in [-0.15, -0.1) is 0 Å². The third-order valence-corrected chi connectivity index (χ3v) is 11.7. The highest BCUT2D eigenvalue weighted by Crippen LogP contribution is 2.60. The van der Waals surface area contributed by atoms with Gasteiger partial charge in [0.15, 0.2) is 29.8 Å². The first-order valence-electron chi connectivity index (χ1n) is 14.9. The zero-order valence-corrected chi connectivity index (χ0v) is 29.5. The number of alkyl halides is 2. The van der Waals surface area contributed by atoms with Crippen molar-refractivity contribution in [2.75, 3.05) is 32.0 Å². The molecule has 2 saturated heterocycles. The second-order valence-corrected chi connectivity index (χ2v) is 16.6. The number of aromatic amines is 1. The van der Waals surface area contributed by atoms with Crippen molar-refractivity contribution in [3.8, 4) is 0 Å². The van der Waals surface area contributed by atoms with Crippen molar-refractivity contribution in [1.29, 1.82) is 0 Å². The van der Waals surface area contributed by atoms with Crippen LogP contribution in [0.4, 0.5) is 19.4 Å². The number of halogens is 2. The molecule has 5 rings (SSSR count). The lowest BCUT2D eigenvalue weighted by Crippen LogP contribution is -2.37. The number of H-pyrrole nitrogens is 1. The van der Waals surface area contributed by atoms with E-state index in [1.165, 1.54) is 17.2 Å². The Labute approximate surface area is 289 Å². The van der Waals surface area contributed by atoms with Crippen LogP contribution in [0.25, 0.3) is 11.2 Å². The standard InChI is InChI=1S/C25H33F2N7O14P2S/c1-12(2)45-25(37)42-11-51-50(40,41-3)44-8-15-18(27)20(23(47-15)33-5-4-16(35)32-24(33)36)48-49(38,39)43-7-14-13(26)6-17(46-14)34-10-31-19-21(28)29-9-30-22(19)34/h4-5,9-10,12-15,17-18,20,23H,6-8,11H2,1-3H3,(H,38,39)(H2,28,29,30)(H,32,35,36)/t13-,14+,15+,17+,18+,20+,23+,50?/m0/s1. The molecule has 2 unspecified atom stereocenters. The normalized spacial score (nSPS) is 27.4. The number of carbonyl (C=O) groups is 1. The van der Waals surface area contributed by atoms with Gasteiger partial charge in [-0.1, -0.05) is 0 Å². The van der Waals surface area contributed by atoms with Gasteiger partial charge < -0.3 is 34.1 Å². The number of imidazole rings is 1. The molecule has 2 aliphatic rings. The van der Waals surface area contributed by atoms with Crippen LogP contribution in [0.2, 0.25) is 0 Å². The highest BCUT2D eigenvalue weighted by atomic mass is 32.7. The molecule has 0 spiro atoms. The van der Waals surface area contributed by atoms with Crippen molar-refractivity contribution in [1.82, 2.24) is 29.1 Å². The summed E-state index contributed by atoms with van der Waals surface area (Å²) >= 11 is 0.415. The Balaban J connectivity index is 1.25. The van der Waals surface area contributed by atoms with E-state index in [-0.39, 0.29) is 23.4 Å². The Morgan fingerprint density at radius 1 is 1.16 bits per heavy atom. The van der Waals surface area contributed by atoms with Crippen molar-refractivity contribution in [3.05, 3.63) is 45.8 Å². The van der Waals surface area contributed by atoms with E-state index in [4.69, 9.17) is 42.8 Å². The molecule has 0 amide bonds. The smallest absolute Gasteiger partial charge is 0.432 e. The van der Waals surface area contributed by atoms with E-state index >= 15 is 8.78 Å². The molecule has 3 aromatic rings. The van der Waals surface area contributed by atoms with Crippen molar-refractivity contribution in [3.63, 3.8) is 0 Å². The first-order chi connectivity index (χ1) is 24.1. The number of nitrogens with two attached hydrogens (primary N) is 1. The van der Waals surface area contributed by atoms with E-state index in [0.717, 1.165) is 19.4 Å². The highest BCUT2D eigenvalue weighted by molar-refractivity contribution is 8.55. The molecular weight excluding hydrogens is 754 g/mol. The van der Waals surface area contributed by atoms with Gasteiger partial charge in [0.25, 0.3) is 5.56 Å². The van der Waals surface area contributed by atoms with Crippen LogP contribution in [0.15, 0.2) is 34.5 Å². The maximum atomic E-state index is 15.9. The van der Waals surface area contributed by atoms with Gasteiger partial charge in [0.2, 0.25) is 0 Å². The topological polar surface area (TPSA) is 270 Å². The minimum Gasteiger partial charge on any atom is -0.432 e. The molecule has 2 fully saturated rings. The fourth-order valence-electron chi connectivity index (χ4n) is 4.91. The first kappa shape index (κ1) is 38.9. The molecule has 21 nitrogen and oxygen atoms in total. The quantitative estimate of drug-likeness (QED) is 0.113. The van der Waals surface area contributed by atoms with Crippen molar-refractivity contribution < 1.29 is 64.6 Å². The molecule has 282 valence electrons. The molecule has 0 aliphatic carbocycles. The van der Waals surface area contributed by atoms with Gasteiger partial charge in [-0.2, -0.15) is 0 Å². The number of fused-ring (bicyclic) bond motifs is 1. The van der Waals surface area contributed by atoms with E-state index < -0.39 is 100 Å². The van der Waals surface area contributed by atoms with Gasteiger partial charge in [-0.05, 0) is 13.8 Å². The van der Waals surface area contributed by atoms with Crippen molar-refractivity contribution >= 4 is 49.1 Å². The molecule has 0 bridgehead atoms. The molecule has 0 aromatic carbocycles. The summed E-state index contributed by atoms with van der Waals surface area (Å²) in [7, 11) is -4.27. The number of rotatable bonds is 15. The predicted molar refractivity (Wildman–Crippen MR) is 170 cm³/mol. The van der Waals surface area contributed by atoms with Crippen LogP contribution in [0, 0.1) is 0 Å². The number of phosphoric ester groups is 1. The van der Waals surface area contributed by atoms with Gasteiger partial charge >= 0.3 is 26.5 Å². The minimum absolute atomic E-state index is 0.0898. The average Bonchev–Trinajstić information content (AvgIpc) is 3.74. The SMILES string of the molecule is COP(=O)(OC[C@H]1O[C@@H](n2ccc(=O)[nH]c2=O)[C@H](OP(=O)(O)OC[C@H]2O[C@@H](n3cnc4c(N)ncnc43)C[C@@H]2F)[C@@H]1F)SCOC(=O)OC(C)C. The lowest BCUT2D eigenvalue weighted by atomic mass is 10.1. The van der Waals surface area contributed by atoms with Crippen LogP contribution >= 0.6 is 26.0 Å². The van der Waals surface area contributed by atoms with E-state index in [0.29, 0.717) is 15.9 Å². The third kappa shape index (κ3) is 9.38. The van der Waals surface area contributed by atoms with E-state index in [1.54, 1.807) is 13.8 Å². The molecule has 4 N–H and O–H groups in total. The predicted octanol–water partition coefficient (Wildman–Crippen LogP) is 2.35. The second-order valence-electron chi connectivity index (χ2n) is 11.1. The van der Waals surface area contributed by atoms with Gasteiger partial charge in [0.1, 0.15) is 42.6 Å². The molecule has 5 heterocycles. The molecular formula is C25H33F2N7O14P2S. The van der Waals surface area contributed by atoms with Gasteiger partial charge in [-0.3, -0.25) is 32.5 Å². The first-order valence-corrected chi connectivity index (χ1v) is 19.5. The largest absolute Gasteiger partial charge is 0.509 e. The fraction of sp³-hybridized carbons (Fsp3) is 0.600. The third-order valence-electron chi connectivity index (χ3n) is 7.25. The van der Waals surface area contributed by atoms with Crippen molar-refractivity contribution in [2.24, 2.45) is 0 Å². The minimum atomic E-state index is -5.28. The molecule has 51 heavy (non-hydrogen) atoms. The van der Waals surface area contributed by atoms with Crippen molar-refractivity contribution in [2.45, 2.75) is 69.5 Å². The zero-order chi connectivity index (χ0) is 37.1. The number of carbonyl (C=O) groups excluding carboxylic acids is 1. The summed E-state index contributed by atoms with van der Waals surface area (Å²) in [6, 6.07) is 0.896. The number of hydrogen-bond donors (Lipinski definition) is 3. The molecule has 9 atom stereocenters. The molecule has 3 aromatic heterocycles. The Hall–Kier alpha value is -3.31. The highest BCUT2D eigenvalue weighted by Gasteiger charge is 2.51. The number of nitrogens with zero attached hydrogens (tertiary/aromatic N) is 5. The Bertz CT molecular complexity index is 1920. The molecule has 2 aliphatic heterocycles. The van der Waals surface area contributed by atoms with Crippen LogP contribution in [-0.4, -0.2) is 103 Å². The lowest BCUT2D eigenvalue weighted by Gasteiger charge is -2.24. The zero-order valence-electron chi connectivity index (χ0n) is 26.9. The van der Waals surface area contributed by atoms with Gasteiger partial charge in [0, 0.05) is 37.2 Å². The van der Waals surface area contributed by atoms with E-state index in [2.05, 4.69) is 15.0 Å². The lowest BCUT2D eigenvalue weighted by molar-refractivity contribution is -0.0576. The fourth-order valence-corrected chi connectivity index (χ4v) is 7.99. The molecule has 26 heteroatoms. The Morgan fingerprint density at radius 3 is 2.61 bits per heavy atom. The van der Waals surface area contributed by atoms with Crippen LogP contribution in [-0.2, 0) is 46.2 Å². The summed E-state index contributed by atoms with van der Waals surface area (Å²) in [5.41, 5.74) is 4.40. The van der Waals surface area contributed by atoms with Gasteiger partial charge in [-0.25, -0.2) is 42.5 Å². The summed E-state index contributed by atoms with van der Waals surface area (Å²) in [6.07, 6.45) is -10.4. The van der Waals surface area contributed by atoms with Crippen LogP contribution < -0.4 is 17.0 Å². The number of hydrogen-bond acceptors (Lipinski definition) is 18. The summed E-state index contributed by atoms with van der Waals surface area (Å²) in [6.45, 7) is -2.63. The van der Waals surface area contributed by atoms with E-state index in [1.807, 2.05) is 4.98 Å². The maximum absolute atomic E-state index is 15.9. The Morgan fingerprint density at radius 2 is 1.90 bits per heavy atom. The number of nitrogens with one attached hydrogen (secondary N) is 1. The summed E-state index contributed by atoms with van der Waals surface area (Å²) < 4.78 is 100. The monoisotopic (exact) mass is 787 g/mol. The molecule has 0 radical (unpaired) electrons. The maximum Gasteiger partial charge on any atom is 0.509 e. The van der Waals surface area contributed by atoms with Gasteiger partial charge in [0.05, 0.1) is 25.6 Å². The van der Waals surface area contributed by atoms with E-state index in [9.17, 15) is 28.4 Å².